The zero-order chi connectivity index (χ0) is 21.9. The Kier molecular flexibility index (Phi) is 6.59. The predicted molar refractivity (Wildman–Crippen MR) is 108 cm³/mol. The molecule has 3 rings (SSSR count). The van der Waals surface area contributed by atoms with Crippen molar-refractivity contribution in [2.75, 3.05) is 19.3 Å². The van der Waals surface area contributed by atoms with Gasteiger partial charge in [0.05, 0.1) is 16.6 Å². The SMILES string of the molecule is Cc1c(Oc2ccc(S(C)(=O)=O)cc2F)ncnc1OC1(CC(C)O)CCNCC1. The summed E-state index contributed by atoms with van der Waals surface area (Å²) in [6.45, 7) is 4.94. The van der Waals surface area contributed by atoms with Crippen molar-refractivity contribution in [3.05, 3.63) is 35.9 Å². The van der Waals surface area contributed by atoms with E-state index in [1.54, 1.807) is 13.8 Å². The lowest BCUT2D eigenvalue weighted by Crippen LogP contribution is -2.48. The summed E-state index contributed by atoms with van der Waals surface area (Å²) in [6, 6.07) is 3.43. The van der Waals surface area contributed by atoms with Crippen molar-refractivity contribution in [2.24, 2.45) is 0 Å². The van der Waals surface area contributed by atoms with Gasteiger partial charge in [-0.25, -0.2) is 22.8 Å². The molecular formula is C20H26FN3O5S. The number of piperidine rings is 1. The van der Waals surface area contributed by atoms with Crippen molar-refractivity contribution in [1.82, 2.24) is 15.3 Å². The third-order valence-corrected chi connectivity index (χ3v) is 6.14. The van der Waals surface area contributed by atoms with E-state index in [9.17, 15) is 17.9 Å². The molecule has 2 heterocycles. The molecular weight excluding hydrogens is 413 g/mol. The quantitative estimate of drug-likeness (QED) is 0.677. The number of aliphatic hydroxyl groups is 1. The summed E-state index contributed by atoms with van der Waals surface area (Å²) >= 11 is 0. The molecule has 1 aliphatic rings. The topological polar surface area (TPSA) is 111 Å². The van der Waals surface area contributed by atoms with Gasteiger partial charge in [-0.15, -0.1) is 0 Å². The number of halogens is 1. The molecule has 1 aromatic heterocycles. The lowest BCUT2D eigenvalue weighted by molar-refractivity contribution is -0.0107. The van der Waals surface area contributed by atoms with Crippen LogP contribution in [0.3, 0.4) is 0 Å². The molecule has 1 aliphatic heterocycles. The molecule has 0 saturated carbocycles. The maximum Gasteiger partial charge on any atom is 0.229 e. The van der Waals surface area contributed by atoms with Crippen LogP contribution < -0.4 is 14.8 Å². The lowest BCUT2D eigenvalue weighted by Gasteiger charge is -2.38. The Morgan fingerprint density at radius 1 is 1.27 bits per heavy atom. The fraction of sp³-hybridized carbons (Fsp3) is 0.500. The predicted octanol–water partition coefficient (Wildman–Crippen LogP) is 2.39. The van der Waals surface area contributed by atoms with Crippen LogP contribution in [0.25, 0.3) is 0 Å². The van der Waals surface area contributed by atoms with E-state index in [4.69, 9.17) is 9.47 Å². The van der Waals surface area contributed by atoms with Gasteiger partial charge in [0, 0.05) is 12.7 Å². The van der Waals surface area contributed by atoms with Gasteiger partial charge in [0.1, 0.15) is 11.9 Å². The van der Waals surface area contributed by atoms with Gasteiger partial charge in [0.25, 0.3) is 0 Å². The highest BCUT2D eigenvalue weighted by atomic mass is 32.2. The number of rotatable bonds is 7. The molecule has 0 aliphatic carbocycles. The van der Waals surface area contributed by atoms with Gasteiger partial charge in [-0.3, -0.25) is 0 Å². The molecule has 0 amide bonds. The van der Waals surface area contributed by atoms with Crippen molar-refractivity contribution in [3.63, 3.8) is 0 Å². The number of aromatic nitrogens is 2. The second-order valence-electron chi connectivity index (χ2n) is 7.66. The standard InChI is InChI=1S/C20H26FN3O5S/c1-13(25)11-20(6-8-22-9-7-20)29-19-14(2)18(23-12-24-19)28-17-5-4-15(10-16(17)21)30(3,26)27/h4-5,10,12-13,22,25H,6-9,11H2,1-3H3. The van der Waals surface area contributed by atoms with E-state index in [0.29, 0.717) is 30.7 Å². The van der Waals surface area contributed by atoms with E-state index in [1.807, 2.05) is 0 Å². The number of hydrogen-bond acceptors (Lipinski definition) is 8. The van der Waals surface area contributed by atoms with Gasteiger partial charge in [-0.1, -0.05) is 0 Å². The highest BCUT2D eigenvalue weighted by Gasteiger charge is 2.36. The number of hydrogen-bond donors (Lipinski definition) is 2. The van der Waals surface area contributed by atoms with E-state index in [0.717, 1.165) is 25.4 Å². The minimum atomic E-state index is -3.53. The Balaban J connectivity index is 1.86. The highest BCUT2D eigenvalue weighted by molar-refractivity contribution is 7.90. The second-order valence-corrected chi connectivity index (χ2v) is 9.68. The summed E-state index contributed by atoms with van der Waals surface area (Å²) < 4.78 is 49.4. The van der Waals surface area contributed by atoms with Crippen LogP contribution in [0.2, 0.25) is 0 Å². The molecule has 0 spiro atoms. The second kappa shape index (κ2) is 8.83. The summed E-state index contributed by atoms with van der Waals surface area (Å²) in [7, 11) is -3.53. The monoisotopic (exact) mass is 439 g/mol. The Bertz CT molecular complexity index is 1010. The number of nitrogens with zero attached hydrogens (tertiary/aromatic N) is 2. The van der Waals surface area contributed by atoms with Crippen molar-refractivity contribution in [1.29, 1.82) is 0 Å². The number of aliphatic hydroxyl groups excluding tert-OH is 1. The van der Waals surface area contributed by atoms with Crippen LogP contribution in [0, 0.1) is 12.7 Å². The Labute approximate surface area is 175 Å². The van der Waals surface area contributed by atoms with Crippen molar-refractivity contribution in [2.45, 2.75) is 49.7 Å². The zero-order valence-electron chi connectivity index (χ0n) is 17.2. The number of ether oxygens (including phenoxy) is 2. The fourth-order valence-corrected chi connectivity index (χ4v) is 4.13. The Morgan fingerprint density at radius 2 is 1.93 bits per heavy atom. The molecule has 1 aromatic carbocycles. The molecule has 0 bridgehead atoms. The maximum absolute atomic E-state index is 14.4. The fourth-order valence-electron chi connectivity index (χ4n) is 3.50. The van der Waals surface area contributed by atoms with Crippen molar-refractivity contribution in [3.8, 4) is 17.5 Å². The molecule has 8 nitrogen and oxygen atoms in total. The first-order valence-electron chi connectivity index (χ1n) is 9.66. The number of benzene rings is 1. The number of nitrogens with one attached hydrogen (secondary N) is 1. The van der Waals surface area contributed by atoms with Crippen LogP contribution in [0.1, 0.15) is 31.7 Å². The molecule has 2 N–H and O–H groups in total. The van der Waals surface area contributed by atoms with Gasteiger partial charge >= 0.3 is 0 Å². The van der Waals surface area contributed by atoms with E-state index < -0.39 is 27.4 Å². The van der Waals surface area contributed by atoms with Crippen LogP contribution >= 0.6 is 0 Å². The van der Waals surface area contributed by atoms with Gasteiger partial charge < -0.3 is 19.9 Å². The largest absolute Gasteiger partial charge is 0.470 e. The summed E-state index contributed by atoms with van der Waals surface area (Å²) in [5.74, 6) is -0.569. The van der Waals surface area contributed by atoms with Crippen LogP contribution in [-0.4, -0.2) is 54.5 Å². The summed E-state index contributed by atoms with van der Waals surface area (Å²) in [6.07, 6.45) is 3.60. The third kappa shape index (κ3) is 5.24. The average Bonchev–Trinajstić information content (AvgIpc) is 2.65. The first-order chi connectivity index (χ1) is 14.1. The van der Waals surface area contributed by atoms with Gasteiger partial charge in [0.15, 0.2) is 21.4 Å². The highest BCUT2D eigenvalue weighted by Crippen LogP contribution is 2.35. The normalized spacial score (nSPS) is 17.4. The van der Waals surface area contributed by atoms with Crippen molar-refractivity contribution >= 4 is 9.84 Å². The molecule has 0 radical (unpaired) electrons. The van der Waals surface area contributed by atoms with Gasteiger partial charge in [-0.2, -0.15) is 0 Å². The van der Waals surface area contributed by atoms with Crippen molar-refractivity contribution < 1.29 is 27.4 Å². The average molecular weight is 440 g/mol. The Morgan fingerprint density at radius 3 is 2.53 bits per heavy atom. The minimum Gasteiger partial charge on any atom is -0.470 e. The molecule has 2 aromatic rings. The summed E-state index contributed by atoms with van der Waals surface area (Å²) in [5.41, 5.74) is -0.0920. The van der Waals surface area contributed by atoms with E-state index in [2.05, 4.69) is 15.3 Å². The zero-order valence-corrected chi connectivity index (χ0v) is 18.0. The smallest absolute Gasteiger partial charge is 0.229 e. The number of sulfone groups is 1. The van der Waals surface area contributed by atoms with E-state index in [-0.39, 0.29) is 16.5 Å². The lowest BCUT2D eigenvalue weighted by atomic mass is 9.86. The molecule has 30 heavy (non-hydrogen) atoms. The summed E-state index contributed by atoms with van der Waals surface area (Å²) in [5, 5.41) is 13.2. The first-order valence-corrected chi connectivity index (χ1v) is 11.6. The van der Waals surface area contributed by atoms with Crippen LogP contribution in [0.15, 0.2) is 29.4 Å². The molecule has 10 heteroatoms. The molecule has 1 unspecified atom stereocenters. The molecule has 164 valence electrons. The Hall–Kier alpha value is -2.30. The van der Waals surface area contributed by atoms with Gasteiger partial charge in [-0.05, 0) is 58.0 Å². The summed E-state index contributed by atoms with van der Waals surface area (Å²) in [4.78, 5) is 8.13. The first kappa shape index (κ1) is 22.4. The maximum atomic E-state index is 14.4. The molecule has 1 saturated heterocycles. The van der Waals surface area contributed by atoms with Gasteiger partial charge in [0.2, 0.25) is 11.8 Å². The van der Waals surface area contributed by atoms with E-state index in [1.165, 1.54) is 18.5 Å². The molecule has 1 fully saturated rings. The minimum absolute atomic E-state index is 0.104. The molecule has 1 atom stereocenters. The van der Waals surface area contributed by atoms with Crippen LogP contribution in [0.4, 0.5) is 4.39 Å². The third-order valence-electron chi connectivity index (χ3n) is 5.03. The van der Waals surface area contributed by atoms with Crippen LogP contribution in [0.5, 0.6) is 17.5 Å². The van der Waals surface area contributed by atoms with Crippen LogP contribution in [-0.2, 0) is 9.84 Å². The van der Waals surface area contributed by atoms with E-state index >= 15 is 0 Å².